The van der Waals surface area contributed by atoms with Gasteiger partial charge in [-0.1, -0.05) is 35.9 Å². The van der Waals surface area contributed by atoms with E-state index in [0.717, 1.165) is 35.1 Å². The molecule has 1 aromatic heterocycles. The summed E-state index contributed by atoms with van der Waals surface area (Å²) in [6, 6.07) is 16.5. The summed E-state index contributed by atoms with van der Waals surface area (Å²) in [6.07, 6.45) is 0.908. The highest BCUT2D eigenvalue weighted by Gasteiger charge is 2.07. The molecule has 3 nitrogen and oxygen atoms in total. The molecule has 1 heterocycles. The summed E-state index contributed by atoms with van der Waals surface area (Å²) in [6.45, 7) is 4.90. The lowest BCUT2D eigenvalue weighted by Gasteiger charge is -2.08. The molecule has 4 heteroatoms. The van der Waals surface area contributed by atoms with Gasteiger partial charge in [-0.25, -0.2) is 0 Å². The van der Waals surface area contributed by atoms with Gasteiger partial charge in [-0.3, -0.25) is 5.10 Å². The average molecular weight is 326 g/mol. The number of hydrogen-bond acceptors (Lipinski definition) is 2. The number of aromatic amines is 1. The van der Waals surface area contributed by atoms with E-state index in [0.29, 0.717) is 0 Å². The number of H-pyrrole nitrogens is 1. The minimum Gasteiger partial charge on any atom is -0.381 e. The van der Waals surface area contributed by atoms with Crippen LogP contribution in [0, 0.1) is 13.8 Å². The number of aromatic nitrogens is 2. The van der Waals surface area contributed by atoms with E-state index in [-0.39, 0.29) is 0 Å². The molecule has 0 unspecified atom stereocenters. The molecule has 3 aromatic rings. The summed E-state index contributed by atoms with van der Waals surface area (Å²) in [4.78, 5) is 0. The van der Waals surface area contributed by atoms with E-state index in [1.165, 1.54) is 16.7 Å². The highest BCUT2D eigenvalue weighted by molar-refractivity contribution is 6.30. The van der Waals surface area contributed by atoms with Gasteiger partial charge in [-0.05, 0) is 49.2 Å². The molecule has 0 bridgehead atoms. The molecule has 0 aliphatic carbocycles. The number of anilines is 1. The predicted molar refractivity (Wildman–Crippen MR) is 96.1 cm³/mol. The number of halogens is 1. The van der Waals surface area contributed by atoms with Crippen LogP contribution < -0.4 is 5.32 Å². The van der Waals surface area contributed by atoms with Gasteiger partial charge in [0, 0.05) is 34.9 Å². The summed E-state index contributed by atoms with van der Waals surface area (Å²) >= 11 is 5.90. The van der Waals surface area contributed by atoms with Crippen LogP contribution in [-0.2, 0) is 13.0 Å². The summed E-state index contributed by atoms with van der Waals surface area (Å²) in [5, 5.41) is 11.5. The van der Waals surface area contributed by atoms with Gasteiger partial charge in [0.05, 0.1) is 5.69 Å². The van der Waals surface area contributed by atoms with Crippen molar-refractivity contribution in [2.45, 2.75) is 26.8 Å². The van der Waals surface area contributed by atoms with Gasteiger partial charge in [0.2, 0.25) is 0 Å². The van der Waals surface area contributed by atoms with E-state index in [2.05, 4.69) is 46.7 Å². The molecule has 118 valence electrons. The van der Waals surface area contributed by atoms with Crippen LogP contribution in [0.3, 0.4) is 0 Å². The molecule has 2 N–H and O–H groups in total. The number of nitrogens with zero attached hydrogens (tertiary/aromatic N) is 1. The largest absolute Gasteiger partial charge is 0.381 e. The number of benzene rings is 2. The molecule has 0 aliphatic rings. The standard InChI is InChI=1S/C19H20ClN3/c1-13-19(14(2)23-22-13)11-15-5-9-18(10-6-15)21-12-16-3-7-17(20)8-4-16/h3-10,21H,11-12H2,1-2H3,(H,22,23). The summed E-state index contributed by atoms with van der Waals surface area (Å²) in [7, 11) is 0. The number of nitrogens with one attached hydrogen (secondary N) is 2. The van der Waals surface area contributed by atoms with Crippen LogP contribution in [-0.4, -0.2) is 10.2 Å². The van der Waals surface area contributed by atoms with Gasteiger partial charge < -0.3 is 5.32 Å². The minimum atomic E-state index is 0.767. The van der Waals surface area contributed by atoms with Crippen LogP contribution in [0.15, 0.2) is 48.5 Å². The Balaban J connectivity index is 1.62. The van der Waals surface area contributed by atoms with E-state index in [9.17, 15) is 0 Å². The second-order valence-corrected chi connectivity index (χ2v) is 6.20. The zero-order valence-corrected chi connectivity index (χ0v) is 14.1. The lowest BCUT2D eigenvalue weighted by Crippen LogP contribution is -1.99. The highest BCUT2D eigenvalue weighted by atomic mass is 35.5. The van der Waals surface area contributed by atoms with Crippen molar-refractivity contribution in [2.24, 2.45) is 0 Å². The molecule has 0 spiro atoms. The van der Waals surface area contributed by atoms with Gasteiger partial charge in [-0.15, -0.1) is 0 Å². The summed E-state index contributed by atoms with van der Waals surface area (Å²) < 4.78 is 0. The first kappa shape index (κ1) is 15.6. The third kappa shape index (κ3) is 3.93. The van der Waals surface area contributed by atoms with Crippen molar-refractivity contribution in [1.82, 2.24) is 10.2 Å². The van der Waals surface area contributed by atoms with Crippen LogP contribution in [0.5, 0.6) is 0 Å². The molecule has 2 aromatic carbocycles. The maximum absolute atomic E-state index is 5.90. The fraction of sp³-hybridized carbons (Fsp3) is 0.211. The predicted octanol–water partition coefficient (Wildman–Crippen LogP) is 4.88. The van der Waals surface area contributed by atoms with Crippen molar-refractivity contribution in [3.8, 4) is 0 Å². The quantitative estimate of drug-likeness (QED) is 0.701. The van der Waals surface area contributed by atoms with Gasteiger partial charge in [0.15, 0.2) is 0 Å². The Morgan fingerprint density at radius 3 is 2.22 bits per heavy atom. The SMILES string of the molecule is Cc1n[nH]c(C)c1Cc1ccc(NCc2ccc(Cl)cc2)cc1. The van der Waals surface area contributed by atoms with Gasteiger partial charge in [-0.2, -0.15) is 5.10 Å². The first-order valence-corrected chi connectivity index (χ1v) is 8.07. The molecular weight excluding hydrogens is 306 g/mol. The summed E-state index contributed by atoms with van der Waals surface area (Å²) in [5.41, 5.74) is 7.12. The lowest BCUT2D eigenvalue weighted by atomic mass is 10.0. The van der Waals surface area contributed by atoms with Gasteiger partial charge in [0.25, 0.3) is 0 Å². The Morgan fingerprint density at radius 1 is 0.957 bits per heavy atom. The van der Waals surface area contributed by atoms with Crippen molar-refractivity contribution in [3.05, 3.63) is 81.6 Å². The molecule has 0 fully saturated rings. The van der Waals surface area contributed by atoms with Crippen molar-refractivity contribution < 1.29 is 0 Å². The molecule has 23 heavy (non-hydrogen) atoms. The van der Waals surface area contributed by atoms with E-state index in [1.807, 2.05) is 31.2 Å². The Labute approximate surface area is 141 Å². The van der Waals surface area contributed by atoms with Crippen molar-refractivity contribution in [1.29, 1.82) is 0 Å². The van der Waals surface area contributed by atoms with Crippen LogP contribution in [0.25, 0.3) is 0 Å². The lowest BCUT2D eigenvalue weighted by molar-refractivity contribution is 1.02. The normalized spacial score (nSPS) is 10.7. The van der Waals surface area contributed by atoms with E-state index in [4.69, 9.17) is 11.6 Å². The molecule has 3 rings (SSSR count). The molecule has 0 radical (unpaired) electrons. The third-order valence-electron chi connectivity index (χ3n) is 4.03. The number of hydrogen-bond donors (Lipinski definition) is 2. The number of aryl methyl sites for hydroxylation is 2. The third-order valence-corrected chi connectivity index (χ3v) is 4.28. The first-order chi connectivity index (χ1) is 11.1. The Kier molecular flexibility index (Phi) is 4.68. The first-order valence-electron chi connectivity index (χ1n) is 7.69. The van der Waals surface area contributed by atoms with Crippen molar-refractivity contribution in [3.63, 3.8) is 0 Å². The smallest absolute Gasteiger partial charge is 0.0629 e. The Bertz CT molecular complexity index is 754. The Morgan fingerprint density at radius 2 is 1.61 bits per heavy atom. The molecule has 0 amide bonds. The zero-order chi connectivity index (χ0) is 16.2. The van der Waals surface area contributed by atoms with E-state index >= 15 is 0 Å². The van der Waals surface area contributed by atoms with Crippen molar-refractivity contribution >= 4 is 17.3 Å². The monoisotopic (exact) mass is 325 g/mol. The second-order valence-electron chi connectivity index (χ2n) is 5.77. The molecular formula is C19H20ClN3. The van der Waals surface area contributed by atoms with Gasteiger partial charge >= 0.3 is 0 Å². The van der Waals surface area contributed by atoms with Gasteiger partial charge in [0.1, 0.15) is 0 Å². The molecule has 0 saturated heterocycles. The fourth-order valence-corrected chi connectivity index (χ4v) is 2.71. The zero-order valence-electron chi connectivity index (χ0n) is 13.4. The Hall–Kier alpha value is -2.26. The van der Waals surface area contributed by atoms with E-state index < -0.39 is 0 Å². The average Bonchev–Trinajstić information content (AvgIpc) is 2.88. The van der Waals surface area contributed by atoms with Crippen LogP contribution in [0.4, 0.5) is 5.69 Å². The van der Waals surface area contributed by atoms with Crippen LogP contribution in [0.1, 0.15) is 28.1 Å². The summed E-state index contributed by atoms with van der Waals surface area (Å²) in [5.74, 6) is 0. The fourth-order valence-electron chi connectivity index (χ4n) is 2.59. The minimum absolute atomic E-state index is 0.767. The maximum atomic E-state index is 5.90. The topological polar surface area (TPSA) is 40.7 Å². The van der Waals surface area contributed by atoms with E-state index in [1.54, 1.807) is 0 Å². The second kappa shape index (κ2) is 6.88. The molecule has 0 aliphatic heterocycles. The molecule has 0 atom stereocenters. The molecule has 0 saturated carbocycles. The van der Waals surface area contributed by atoms with Crippen molar-refractivity contribution in [2.75, 3.05) is 5.32 Å². The highest BCUT2D eigenvalue weighted by Crippen LogP contribution is 2.18. The van der Waals surface area contributed by atoms with Crippen LogP contribution in [0.2, 0.25) is 5.02 Å². The van der Waals surface area contributed by atoms with Crippen LogP contribution >= 0.6 is 11.6 Å². The maximum Gasteiger partial charge on any atom is 0.0629 e. The number of rotatable bonds is 5.